The maximum Gasteiger partial charge on any atom is 0.271 e. The predicted molar refractivity (Wildman–Crippen MR) is 93.0 cm³/mol. The smallest absolute Gasteiger partial charge is 0.271 e. The zero-order chi connectivity index (χ0) is 16.7. The third-order valence-electron chi connectivity index (χ3n) is 3.41. The lowest BCUT2D eigenvalue weighted by atomic mass is 10.3. The van der Waals surface area contributed by atoms with Crippen molar-refractivity contribution in [2.75, 3.05) is 0 Å². The molecule has 8 nitrogen and oxygen atoms in total. The molecule has 0 saturated carbocycles. The van der Waals surface area contributed by atoms with E-state index in [-0.39, 0.29) is 5.69 Å². The Bertz CT molecular complexity index is 1080. The second kappa shape index (κ2) is 5.87. The largest absolute Gasteiger partial charge is 0.333 e. The third kappa shape index (κ3) is 2.63. The van der Waals surface area contributed by atoms with Crippen molar-refractivity contribution in [1.82, 2.24) is 24.3 Å². The van der Waals surface area contributed by atoms with Crippen LogP contribution < -0.4 is 0 Å². The molecule has 3 aromatic heterocycles. The van der Waals surface area contributed by atoms with Crippen molar-refractivity contribution < 1.29 is 4.92 Å². The minimum atomic E-state index is -0.423. The van der Waals surface area contributed by atoms with Gasteiger partial charge in [-0.05, 0) is 28.1 Å². The van der Waals surface area contributed by atoms with Crippen LogP contribution in [0.25, 0.3) is 16.8 Å². The van der Waals surface area contributed by atoms with Gasteiger partial charge >= 0.3 is 0 Å². The van der Waals surface area contributed by atoms with Gasteiger partial charge in [0.1, 0.15) is 4.60 Å². The van der Waals surface area contributed by atoms with Crippen LogP contribution in [0.5, 0.6) is 0 Å². The molecular formula is C14H9BrN6O2S. The number of fused-ring (bicyclic) bond motifs is 2. The van der Waals surface area contributed by atoms with E-state index in [1.165, 1.54) is 23.9 Å². The van der Waals surface area contributed by atoms with E-state index in [4.69, 9.17) is 0 Å². The zero-order valence-electron chi connectivity index (χ0n) is 12.0. The molecule has 0 spiro atoms. The number of nitrogens with zero attached hydrogens (tertiary/aromatic N) is 5. The summed E-state index contributed by atoms with van der Waals surface area (Å²) in [5.74, 6) is 1.21. The average molecular weight is 405 g/mol. The number of thioether (sulfide) groups is 1. The van der Waals surface area contributed by atoms with Crippen LogP contribution in [0.3, 0.4) is 0 Å². The Morgan fingerprint density at radius 1 is 1.38 bits per heavy atom. The van der Waals surface area contributed by atoms with E-state index < -0.39 is 4.92 Å². The number of H-pyrrole nitrogens is 1. The van der Waals surface area contributed by atoms with Crippen molar-refractivity contribution in [3.8, 4) is 0 Å². The van der Waals surface area contributed by atoms with Crippen LogP contribution in [0.2, 0.25) is 0 Å². The van der Waals surface area contributed by atoms with Gasteiger partial charge in [-0.3, -0.25) is 14.5 Å². The first-order chi connectivity index (χ1) is 11.6. The molecule has 0 amide bonds. The van der Waals surface area contributed by atoms with Gasteiger partial charge in [-0.2, -0.15) is 0 Å². The summed E-state index contributed by atoms with van der Waals surface area (Å²) in [6.07, 6.45) is 3.58. The number of non-ortho nitro benzene ring substituents is 1. The number of nitrogens with one attached hydrogen (secondary N) is 1. The van der Waals surface area contributed by atoms with E-state index in [1.54, 1.807) is 12.3 Å². The highest BCUT2D eigenvalue weighted by Crippen LogP contribution is 2.28. The molecule has 0 aliphatic heterocycles. The molecule has 1 N–H and O–H groups in total. The number of hydrogen-bond acceptors (Lipinski definition) is 6. The van der Waals surface area contributed by atoms with E-state index in [0.29, 0.717) is 27.7 Å². The van der Waals surface area contributed by atoms with Crippen LogP contribution in [0.15, 0.2) is 46.4 Å². The van der Waals surface area contributed by atoms with Crippen molar-refractivity contribution in [2.24, 2.45) is 0 Å². The van der Waals surface area contributed by atoms with Crippen LogP contribution in [0, 0.1) is 10.1 Å². The quantitative estimate of drug-likeness (QED) is 0.316. The number of aromatic amines is 1. The summed E-state index contributed by atoms with van der Waals surface area (Å²) in [5.41, 5.74) is 2.23. The molecule has 24 heavy (non-hydrogen) atoms. The fourth-order valence-electron chi connectivity index (χ4n) is 2.29. The van der Waals surface area contributed by atoms with Crippen LogP contribution >= 0.6 is 27.7 Å². The number of nitro benzene ring substituents is 1. The van der Waals surface area contributed by atoms with Crippen molar-refractivity contribution >= 4 is 50.2 Å². The molecule has 10 heteroatoms. The number of rotatable bonds is 4. The fourth-order valence-corrected chi connectivity index (χ4v) is 3.80. The van der Waals surface area contributed by atoms with Gasteiger partial charge in [0.2, 0.25) is 5.78 Å². The predicted octanol–water partition coefficient (Wildman–Crippen LogP) is 3.57. The second-order valence-corrected chi connectivity index (χ2v) is 6.64. The van der Waals surface area contributed by atoms with Crippen molar-refractivity contribution in [2.45, 2.75) is 10.9 Å². The normalized spacial score (nSPS) is 11.4. The lowest BCUT2D eigenvalue weighted by molar-refractivity contribution is -0.384. The first-order valence-electron chi connectivity index (χ1n) is 6.86. The number of nitro groups is 1. The standard InChI is InChI=1S/C14H9BrN6O2S/c15-12-11(17-13-16-4-1-5-20(12)13)7-24-14-18-9-3-2-8(21(22)23)6-10(9)19-14/h1-6H,7H2,(H,18,19). The Kier molecular flexibility index (Phi) is 3.69. The van der Waals surface area contributed by atoms with E-state index in [2.05, 4.69) is 35.9 Å². The molecule has 0 aliphatic rings. The summed E-state index contributed by atoms with van der Waals surface area (Å²) >= 11 is 5.00. The number of benzene rings is 1. The van der Waals surface area contributed by atoms with Gasteiger partial charge < -0.3 is 4.98 Å². The zero-order valence-corrected chi connectivity index (χ0v) is 14.4. The molecule has 0 radical (unpaired) electrons. The summed E-state index contributed by atoms with van der Waals surface area (Å²) < 4.78 is 2.71. The van der Waals surface area contributed by atoms with Crippen LogP contribution in [-0.4, -0.2) is 29.3 Å². The maximum atomic E-state index is 10.8. The summed E-state index contributed by atoms with van der Waals surface area (Å²) in [7, 11) is 0. The topological polar surface area (TPSA) is 102 Å². The molecule has 0 bridgehead atoms. The molecule has 0 aliphatic carbocycles. The van der Waals surface area contributed by atoms with E-state index >= 15 is 0 Å². The minimum absolute atomic E-state index is 0.0388. The highest BCUT2D eigenvalue weighted by Gasteiger charge is 2.13. The highest BCUT2D eigenvalue weighted by molar-refractivity contribution is 9.10. The number of halogens is 1. The second-order valence-electron chi connectivity index (χ2n) is 4.93. The molecule has 4 aromatic rings. The molecule has 0 saturated heterocycles. The highest BCUT2D eigenvalue weighted by atomic mass is 79.9. The Morgan fingerprint density at radius 3 is 3.04 bits per heavy atom. The lowest BCUT2D eigenvalue weighted by Gasteiger charge is -1.95. The fraction of sp³-hybridized carbons (Fsp3) is 0.0714. The van der Waals surface area contributed by atoms with Gasteiger partial charge in [0, 0.05) is 30.3 Å². The summed E-state index contributed by atoms with van der Waals surface area (Å²) in [6, 6.07) is 6.40. The molecule has 1 aromatic carbocycles. The molecule has 0 atom stereocenters. The Labute approximate surface area is 147 Å². The molecule has 4 rings (SSSR count). The van der Waals surface area contributed by atoms with Crippen molar-refractivity contribution in [3.63, 3.8) is 0 Å². The van der Waals surface area contributed by atoms with Crippen molar-refractivity contribution in [1.29, 1.82) is 0 Å². The number of imidazole rings is 2. The van der Waals surface area contributed by atoms with Crippen molar-refractivity contribution in [3.05, 3.63) is 57.1 Å². The average Bonchev–Trinajstić information content (AvgIpc) is 3.13. The van der Waals surface area contributed by atoms with Crippen LogP contribution in [0.1, 0.15) is 5.69 Å². The number of hydrogen-bond donors (Lipinski definition) is 1. The molecule has 0 fully saturated rings. The first-order valence-corrected chi connectivity index (χ1v) is 8.64. The Hall–Kier alpha value is -2.46. The van der Waals surface area contributed by atoms with Gasteiger partial charge in [0.15, 0.2) is 5.16 Å². The summed E-state index contributed by atoms with van der Waals surface area (Å²) in [5, 5.41) is 11.5. The van der Waals surface area contributed by atoms with E-state index in [9.17, 15) is 10.1 Å². The SMILES string of the molecule is O=[N+]([O-])c1ccc2nc(SCc3nc4ncccn4c3Br)[nH]c2c1. The van der Waals surface area contributed by atoms with E-state index in [1.807, 2.05) is 16.7 Å². The summed E-state index contributed by atoms with van der Waals surface area (Å²) in [6.45, 7) is 0. The summed E-state index contributed by atoms with van der Waals surface area (Å²) in [4.78, 5) is 26.6. The Morgan fingerprint density at radius 2 is 2.25 bits per heavy atom. The van der Waals surface area contributed by atoms with E-state index in [0.717, 1.165) is 10.3 Å². The molecule has 0 unspecified atom stereocenters. The third-order valence-corrected chi connectivity index (χ3v) is 5.14. The first kappa shape index (κ1) is 15.1. The molecular weight excluding hydrogens is 396 g/mol. The number of aromatic nitrogens is 5. The van der Waals surface area contributed by atoms with Gasteiger partial charge in [-0.25, -0.2) is 15.0 Å². The lowest BCUT2D eigenvalue weighted by Crippen LogP contribution is -1.86. The molecule has 3 heterocycles. The minimum Gasteiger partial charge on any atom is -0.333 e. The van der Waals surface area contributed by atoms with Gasteiger partial charge in [0.25, 0.3) is 5.69 Å². The van der Waals surface area contributed by atoms with Gasteiger partial charge in [0.05, 0.1) is 21.7 Å². The Balaban J connectivity index is 1.59. The molecule has 120 valence electrons. The van der Waals surface area contributed by atoms with Gasteiger partial charge in [-0.1, -0.05) is 11.8 Å². The maximum absolute atomic E-state index is 10.8. The van der Waals surface area contributed by atoms with Crippen LogP contribution in [-0.2, 0) is 5.75 Å². The monoisotopic (exact) mass is 404 g/mol. The van der Waals surface area contributed by atoms with Crippen LogP contribution in [0.4, 0.5) is 5.69 Å². The van der Waals surface area contributed by atoms with Gasteiger partial charge in [-0.15, -0.1) is 0 Å².